The fourth-order valence-electron chi connectivity index (χ4n) is 2.57. The molecule has 0 spiro atoms. The number of hydrogen-bond donors (Lipinski definition) is 0. The maximum absolute atomic E-state index is 12.4. The van der Waals surface area contributed by atoms with Crippen molar-refractivity contribution in [2.24, 2.45) is 0 Å². The number of ketones is 1. The van der Waals surface area contributed by atoms with Crippen molar-refractivity contribution in [2.45, 2.75) is 70.5 Å². The number of rotatable bonds is 11. The Labute approximate surface area is 168 Å². The summed E-state index contributed by atoms with van der Waals surface area (Å²) in [5.74, 6) is -0.571. The van der Waals surface area contributed by atoms with Crippen molar-refractivity contribution in [3.8, 4) is 0 Å². The molecule has 0 aliphatic heterocycles. The van der Waals surface area contributed by atoms with Crippen molar-refractivity contribution in [1.82, 2.24) is 0 Å². The molecule has 0 aliphatic carbocycles. The second-order valence-electron chi connectivity index (χ2n) is 6.00. The molecule has 1 atom stereocenters. The van der Waals surface area contributed by atoms with Gasteiger partial charge in [0.2, 0.25) is 0 Å². The van der Waals surface area contributed by atoms with Crippen LogP contribution < -0.4 is 29.6 Å². The van der Waals surface area contributed by atoms with E-state index in [1.807, 2.05) is 19.1 Å². The molecular weight excluding hydrogens is 335 g/mol. The largest absolute Gasteiger partial charge is 1.00 e. The molecule has 0 heterocycles. The molecule has 0 fully saturated rings. The molecule has 1 unspecified atom stereocenters. The van der Waals surface area contributed by atoms with Crippen LogP contribution in [0.25, 0.3) is 0 Å². The van der Waals surface area contributed by atoms with Crippen molar-refractivity contribution in [2.75, 3.05) is 0 Å². The van der Waals surface area contributed by atoms with E-state index in [9.17, 15) is 17.8 Å². The molecule has 0 saturated carbocycles. The minimum atomic E-state index is -4.62. The first-order valence-corrected chi connectivity index (χ1v) is 9.95. The van der Waals surface area contributed by atoms with Gasteiger partial charge < -0.3 is 4.55 Å². The molecule has 0 aliphatic rings. The minimum Gasteiger partial charge on any atom is -0.747 e. The molecule has 4 nitrogen and oxygen atoms in total. The average molecular weight is 362 g/mol. The van der Waals surface area contributed by atoms with E-state index in [1.165, 1.54) is 0 Å². The Kier molecular flexibility index (Phi) is 12.1. The third-order valence-electron chi connectivity index (χ3n) is 4.02. The fraction of sp³-hybridized carbons (Fsp3) is 0.611. The van der Waals surface area contributed by atoms with Crippen LogP contribution in [0.4, 0.5) is 0 Å². The number of Topliss-reactive ketones (excluding diaryl/α,β-unsaturated/α-hetero) is 1. The molecule has 1 rings (SSSR count). The van der Waals surface area contributed by atoms with Gasteiger partial charge in [0.05, 0.1) is 0 Å². The summed E-state index contributed by atoms with van der Waals surface area (Å²) in [6.07, 6.45) is 6.63. The Morgan fingerprint density at radius 2 is 1.58 bits per heavy atom. The van der Waals surface area contributed by atoms with Crippen LogP contribution >= 0.6 is 0 Å². The molecule has 0 amide bonds. The van der Waals surface area contributed by atoms with Gasteiger partial charge in [0.1, 0.15) is 15.4 Å². The number of aryl methyl sites for hydroxylation is 1. The zero-order chi connectivity index (χ0) is 17.3. The van der Waals surface area contributed by atoms with Gasteiger partial charge >= 0.3 is 29.6 Å². The van der Waals surface area contributed by atoms with Crippen LogP contribution in [0.15, 0.2) is 24.3 Å². The van der Waals surface area contributed by atoms with Gasteiger partial charge in [0, 0.05) is 5.56 Å². The first-order valence-electron chi connectivity index (χ1n) is 8.48. The van der Waals surface area contributed by atoms with Gasteiger partial charge in [-0.1, -0.05) is 70.2 Å². The number of benzene rings is 1. The first-order chi connectivity index (χ1) is 10.9. The van der Waals surface area contributed by atoms with E-state index in [1.54, 1.807) is 12.1 Å². The number of hydrogen-bond acceptors (Lipinski definition) is 4. The van der Waals surface area contributed by atoms with Crippen LogP contribution in [0.5, 0.6) is 0 Å². The first kappa shape index (κ1) is 23.8. The van der Waals surface area contributed by atoms with Crippen molar-refractivity contribution in [3.63, 3.8) is 0 Å². The zero-order valence-electron chi connectivity index (χ0n) is 15.1. The predicted molar refractivity (Wildman–Crippen MR) is 91.6 cm³/mol. The molecule has 0 N–H and O–H groups in total. The Balaban J connectivity index is 0.00000529. The third kappa shape index (κ3) is 8.26. The standard InChI is InChI=1S/C18H28O4S.Na/c1-3-5-7-8-10-17(23(20,21)22)18(19)16-13-11-15(12-14-16)9-6-4-2;/h11-14,17H,3-10H2,1-2H3,(H,20,21,22);/q;+1/p-1. The third-order valence-corrected chi connectivity index (χ3v) is 5.16. The average Bonchev–Trinajstić information content (AvgIpc) is 2.51. The van der Waals surface area contributed by atoms with E-state index in [2.05, 4.69) is 6.92 Å². The monoisotopic (exact) mass is 362 g/mol. The van der Waals surface area contributed by atoms with Crippen molar-refractivity contribution in [1.29, 1.82) is 0 Å². The van der Waals surface area contributed by atoms with E-state index in [0.717, 1.165) is 44.1 Å². The van der Waals surface area contributed by atoms with Crippen LogP contribution in [0.1, 0.15) is 74.7 Å². The Bertz CT molecular complexity index is 582. The van der Waals surface area contributed by atoms with Gasteiger partial charge in [0.15, 0.2) is 5.78 Å². The number of carbonyl (C=O) groups is 1. The van der Waals surface area contributed by atoms with Gasteiger partial charge in [-0.15, -0.1) is 0 Å². The predicted octanol–water partition coefficient (Wildman–Crippen LogP) is 1.10. The van der Waals surface area contributed by atoms with Crippen LogP contribution in [-0.4, -0.2) is 24.0 Å². The van der Waals surface area contributed by atoms with E-state index < -0.39 is 21.2 Å². The van der Waals surface area contributed by atoms with E-state index >= 15 is 0 Å². The van der Waals surface area contributed by atoms with Crippen molar-refractivity contribution in [3.05, 3.63) is 35.4 Å². The summed E-state index contributed by atoms with van der Waals surface area (Å²) in [5.41, 5.74) is 1.43. The molecule has 1 aromatic carbocycles. The molecule has 0 saturated heterocycles. The normalized spacial score (nSPS) is 12.5. The van der Waals surface area contributed by atoms with Gasteiger partial charge in [-0.25, -0.2) is 8.42 Å². The summed E-state index contributed by atoms with van der Waals surface area (Å²) >= 11 is 0. The fourth-order valence-corrected chi connectivity index (χ4v) is 3.42. The topological polar surface area (TPSA) is 74.3 Å². The Hall–Kier alpha value is -0.200. The number of carbonyl (C=O) groups excluding carboxylic acids is 1. The van der Waals surface area contributed by atoms with Crippen LogP contribution in [0.2, 0.25) is 0 Å². The maximum atomic E-state index is 12.4. The van der Waals surface area contributed by atoms with Crippen molar-refractivity contribution >= 4 is 15.9 Å². The molecule has 1 aromatic rings. The minimum absolute atomic E-state index is 0. The second-order valence-corrected chi connectivity index (χ2v) is 7.55. The zero-order valence-corrected chi connectivity index (χ0v) is 17.9. The van der Waals surface area contributed by atoms with Gasteiger partial charge in [-0.3, -0.25) is 4.79 Å². The van der Waals surface area contributed by atoms with Crippen molar-refractivity contribution < 1.29 is 47.3 Å². The maximum Gasteiger partial charge on any atom is 1.00 e. The Morgan fingerprint density at radius 3 is 2.08 bits per heavy atom. The molecule has 6 heteroatoms. The second kappa shape index (κ2) is 12.2. The van der Waals surface area contributed by atoms with E-state index in [0.29, 0.717) is 12.0 Å². The van der Waals surface area contributed by atoms with Crippen LogP contribution in [0, 0.1) is 0 Å². The quantitative estimate of drug-likeness (QED) is 0.256. The summed E-state index contributed by atoms with van der Waals surface area (Å²) in [7, 11) is -4.62. The molecule has 24 heavy (non-hydrogen) atoms. The molecule has 130 valence electrons. The van der Waals surface area contributed by atoms with E-state index in [-0.39, 0.29) is 36.0 Å². The molecular formula is C18H27NaO4S. The SMILES string of the molecule is CCCCCCC(C(=O)c1ccc(CCCC)cc1)S(=O)(=O)[O-].[Na+]. The molecule has 0 radical (unpaired) electrons. The van der Waals surface area contributed by atoms with Gasteiger partial charge in [0.25, 0.3) is 0 Å². The summed E-state index contributed by atoms with van der Waals surface area (Å²) in [4.78, 5) is 12.4. The summed E-state index contributed by atoms with van der Waals surface area (Å²) in [6, 6.07) is 6.96. The smallest absolute Gasteiger partial charge is 0.747 e. The van der Waals surface area contributed by atoms with Gasteiger partial charge in [-0.2, -0.15) is 0 Å². The van der Waals surface area contributed by atoms with Gasteiger partial charge in [-0.05, 0) is 24.8 Å². The van der Waals surface area contributed by atoms with Crippen LogP contribution in [0.3, 0.4) is 0 Å². The summed E-state index contributed by atoms with van der Waals surface area (Å²) in [5, 5.41) is -1.46. The summed E-state index contributed by atoms with van der Waals surface area (Å²) < 4.78 is 34.3. The summed E-state index contributed by atoms with van der Waals surface area (Å²) in [6.45, 7) is 4.16. The molecule has 0 aromatic heterocycles. The molecule has 0 bridgehead atoms. The van der Waals surface area contributed by atoms with E-state index in [4.69, 9.17) is 0 Å². The Morgan fingerprint density at radius 1 is 1.00 bits per heavy atom. The number of unbranched alkanes of at least 4 members (excludes halogenated alkanes) is 4. The van der Waals surface area contributed by atoms with Crippen LogP contribution in [-0.2, 0) is 16.5 Å².